The van der Waals surface area contributed by atoms with Gasteiger partial charge in [0.15, 0.2) is 0 Å². The number of hydrogen-bond donors (Lipinski definition) is 0. The Balaban J connectivity index is 2.49. The zero-order chi connectivity index (χ0) is 9.73. The maximum atomic E-state index is 12.2. The average molecular weight is 183 g/mol. The van der Waals surface area contributed by atoms with Crippen LogP contribution in [-0.4, -0.2) is 6.67 Å². The van der Waals surface area contributed by atoms with Crippen LogP contribution in [0, 0.1) is 22.7 Å². The largest absolute Gasteiger partial charge is 0.251 e. The number of hydrogen-bond acceptors (Lipinski definition) is 1. The molecule has 0 unspecified atom stereocenters. The van der Waals surface area contributed by atoms with Crippen molar-refractivity contribution in [2.75, 3.05) is 6.67 Å². The third-order valence-corrected chi connectivity index (χ3v) is 3.45. The lowest BCUT2D eigenvalue weighted by molar-refractivity contribution is 0.180. The molecule has 1 aliphatic rings. The fraction of sp³-hybridized carbons (Fsp3) is 0.909. The number of alkyl halides is 1. The van der Waals surface area contributed by atoms with Crippen molar-refractivity contribution in [2.45, 2.75) is 45.4 Å². The Morgan fingerprint density at radius 2 is 2.08 bits per heavy atom. The Morgan fingerprint density at radius 3 is 2.46 bits per heavy atom. The van der Waals surface area contributed by atoms with E-state index in [1.807, 2.05) is 0 Å². The molecule has 74 valence electrons. The van der Waals surface area contributed by atoms with E-state index in [2.05, 4.69) is 13.0 Å². The van der Waals surface area contributed by atoms with Crippen LogP contribution in [0.3, 0.4) is 0 Å². The van der Waals surface area contributed by atoms with E-state index in [9.17, 15) is 4.39 Å². The van der Waals surface area contributed by atoms with Crippen LogP contribution in [0.15, 0.2) is 0 Å². The van der Waals surface area contributed by atoms with E-state index in [1.54, 1.807) is 0 Å². The summed E-state index contributed by atoms with van der Waals surface area (Å²) in [6.07, 6.45) is 5.70. The van der Waals surface area contributed by atoms with E-state index >= 15 is 0 Å². The zero-order valence-electron chi connectivity index (χ0n) is 8.35. The monoisotopic (exact) mass is 183 g/mol. The Bertz CT molecular complexity index is 187. The molecule has 0 aliphatic heterocycles. The molecule has 0 radical (unpaired) electrons. The molecule has 0 N–H and O–H groups in total. The first-order valence-electron chi connectivity index (χ1n) is 5.23. The lowest BCUT2D eigenvalue weighted by atomic mass is 9.69. The second kappa shape index (κ2) is 4.60. The van der Waals surface area contributed by atoms with Gasteiger partial charge in [0, 0.05) is 0 Å². The Hall–Kier alpha value is -0.580. The van der Waals surface area contributed by atoms with E-state index in [0.717, 1.165) is 31.6 Å². The van der Waals surface area contributed by atoms with Crippen molar-refractivity contribution in [2.24, 2.45) is 11.3 Å². The molecule has 0 aromatic carbocycles. The summed E-state index contributed by atoms with van der Waals surface area (Å²) in [6, 6.07) is 2.32. The van der Waals surface area contributed by atoms with Gasteiger partial charge in [0.2, 0.25) is 0 Å². The summed E-state index contributed by atoms with van der Waals surface area (Å²) < 4.78 is 12.2. The normalized spacial score (nSPS) is 34.1. The maximum Gasteiger partial charge on any atom is 0.0909 e. The summed E-state index contributed by atoms with van der Waals surface area (Å²) in [7, 11) is 0. The van der Waals surface area contributed by atoms with Crippen LogP contribution in [0.2, 0.25) is 0 Å². The molecule has 1 aliphatic carbocycles. The van der Waals surface area contributed by atoms with Gasteiger partial charge in [-0.25, -0.2) is 0 Å². The van der Waals surface area contributed by atoms with Crippen LogP contribution in [-0.2, 0) is 0 Å². The van der Waals surface area contributed by atoms with E-state index in [4.69, 9.17) is 5.26 Å². The molecule has 0 aromatic heterocycles. The molecule has 1 fully saturated rings. The topological polar surface area (TPSA) is 23.8 Å². The van der Waals surface area contributed by atoms with Gasteiger partial charge in [-0.15, -0.1) is 0 Å². The molecule has 1 saturated carbocycles. The predicted molar refractivity (Wildman–Crippen MR) is 50.9 cm³/mol. The van der Waals surface area contributed by atoms with Crippen molar-refractivity contribution >= 4 is 0 Å². The van der Waals surface area contributed by atoms with Gasteiger partial charge in [-0.1, -0.05) is 13.3 Å². The summed E-state index contributed by atoms with van der Waals surface area (Å²) in [5.41, 5.74) is -0.319. The minimum atomic E-state index is -0.343. The van der Waals surface area contributed by atoms with E-state index in [0.29, 0.717) is 6.42 Å². The van der Waals surface area contributed by atoms with Crippen molar-refractivity contribution in [1.82, 2.24) is 0 Å². The molecule has 1 nitrogen and oxygen atoms in total. The second-order valence-corrected chi connectivity index (χ2v) is 4.18. The van der Waals surface area contributed by atoms with Crippen LogP contribution in [0.25, 0.3) is 0 Å². The van der Waals surface area contributed by atoms with Gasteiger partial charge in [0.25, 0.3) is 0 Å². The van der Waals surface area contributed by atoms with Gasteiger partial charge in [-0.3, -0.25) is 4.39 Å². The van der Waals surface area contributed by atoms with Crippen molar-refractivity contribution in [1.29, 1.82) is 5.26 Å². The number of rotatable bonds is 3. The summed E-state index contributed by atoms with van der Waals surface area (Å²) in [5, 5.41) is 9.01. The summed E-state index contributed by atoms with van der Waals surface area (Å²) in [5.74, 6) is 0.779. The molecule has 0 aromatic rings. The van der Waals surface area contributed by atoms with Gasteiger partial charge < -0.3 is 0 Å². The Labute approximate surface area is 79.9 Å². The first-order chi connectivity index (χ1) is 6.26. The molecule has 1 rings (SSSR count). The van der Waals surface area contributed by atoms with Gasteiger partial charge in [-0.05, 0) is 38.0 Å². The molecule has 0 heterocycles. The highest BCUT2D eigenvalue weighted by Crippen LogP contribution is 2.41. The van der Waals surface area contributed by atoms with E-state index in [-0.39, 0.29) is 12.1 Å². The minimum Gasteiger partial charge on any atom is -0.251 e. The molecule has 0 bridgehead atoms. The van der Waals surface area contributed by atoms with Crippen molar-refractivity contribution in [3.05, 3.63) is 0 Å². The molecule has 0 saturated heterocycles. The highest BCUT2D eigenvalue weighted by molar-refractivity contribution is 5.01. The average Bonchev–Trinajstić information content (AvgIpc) is 2.19. The number of nitrogens with zero attached hydrogens (tertiary/aromatic N) is 1. The highest BCUT2D eigenvalue weighted by Gasteiger charge is 2.34. The third kappa shape index (κ3) is 2.43. The molecule has 0 amide bonds. The predicted octanol–water partition coefficient (Wildman–Crippen LogP) is 3.46. The lowest BCUT2D eigenvalue weighted by Gasteiger charge is -2.33. The van der Waals surface area contributed by atoms with Crippen LogP contribution in [0.5, 0.6) is 0 Å². The van der Waals surface area contributed by atoms with Crippen molar-refractivity contribution in [3.63, 3.8) is 0 Å². The van der Waals surface area contributed by atoms with E-state index in [1.165, 1.54) is 6.42 Å². The fourth-order valence-electron chi connectivity index (χ4n) is 2.24. The van der Waals surface area contributed by atoms with Crippen LogP contribution < -0.4 is 0 Å². The van der Waals surface area contributed by atoms with E-state index < -0.39 is 0 Å². The number of nitriles is 1. The molecule has 13 heavy (non-hydrogen) atoms. The fourth-order valence-corrected chi connectivity index (χ4v) is 2.24. The zero-order valence-corrected chi connectivity index (χ0v) is 8.35. The minimum absolute atomic E-state index is 0.319. The first-order valence-corrected chi connectivity index (χ1v) is 5.23. The third-order valence-electron chi connectivity index (χ3n) is 3.45. The Kier molecular flexibility index (Phi) is 3.71. The summed E-state index contributed by atoms with van der Waals surface area (Å²) >= 11 is 0. The smallest absolute Gasteiger partial charge is 0.0909 e. The Morgan fingerprint density at radius 1 is 1.46 bits per heavy atom. The van der Waals surface area contributed by atoms with Crippen molar-refractivity contribution in [3.8, 4) is 6.07 Å². The first kappa shape index (κ1) is 10.5. The SMILES string of the molecule is CCC1CCC(C#N)(CCF)CC1. The van der Waals surface area contributed by atoms with Crippen LogP contribution >= 0.6 is 0 Å². The van der Waals surface area contributed by atoms with Crippen molar-refractivity contribution < 1.29 is 4.39 Å². The standard InChI is InChI=1S/C11H18FN/c1-2-10-3-5-11(9-13,6-4-10)7-8-12/h10H,2-8H2,1H3. The van der Waals surface area contributed by atoms with Gasteiger partial charge in [0.1, 0.15) is 0 Å². The molecule has 0 spiro atoms. The van der Waals surface area contributed by atoms with Gasteiger partial charge >= 0.3 is 0 Å². The second-order valence-electron chi connectivity index (χ2n) is 4.18. The van der Waals surface area contributed by atoms with Gasteiger partial charge in [0.05, 0.1) is 18.2 Å². The lowest BCUT2D eigenvalue weighted by Crippen LogP contribution is -2.26. The summed E-state index contributed by atoms with van der Waals surface area (Å²) in [4.78, 5) is 0. The molecular formula is C11H18FN. The summed E-state index contributed by atoms with van der Waals surface area (Å²) in [6.45, 7) is 1.85. The molecule has 2 heteroatoms. The molecular weight excluding hydrogens is 165 g/mol. The van der Waals surface area contributed by atoms with Crippen LogP contribution in [0.4, 0.5) is 4.39 Å². The number of halogens is 1. The van der Waals surface area contributed by atoms with Crippen LogP contribution in [0.1, 0.15) is 45.4 Å². The van der Waals surface area contributed by atoms with Gasteiger partial charge in [-0.2, -0.15) is 5.26 Å². The quantitative estimate of drug-likeness (QED) is 0.657. The maximum absolute atomic E-state index is 12.2. The highest BCUT2D eigenvalue weighted by atomic mass is 19.1. The molecule has 0 atom stereocenters.